The van der Waals surface area contributed by atoms with Gasteiger partial charge in [0, 0.05) is 50.7 Å². The number of aliphatic hydroxyl groups is 1. The Morgan fingerprint density at radius 1 is 1.19 bits per heavy atom. The number of nitrogens with zero attached hydrogens (tertiary/aromatic N) is 8. The fourth-order valence-electron chi connectivity index (χ4n) is 3.58. The molecular weight excluding hydrogens is 508 g/mol. The quantitative estimate of drug-likeness (QED) is 0.165. The standard InChI is InChI=1S/C22H19ClN8O4S/c1-12-7-25-10-19(28-12)13-3-4-16(18(23)6-13)17-5-14-8-26-22(36(2,34)35)29-20(14)31(21(17)33)11-15(32)9-27-30-24/h3-8,10,15,32H,9,11H2,1-2H3. The van der Waals surface area contributed by atoms with Crippen molar-refractivity contribution in [3.8, 4) is 22.4 Å². The highest BCUT2D eigenvalue weighted by atomic mass is 35.5. The first-order valence-electron chi connectivity index (χ1n) is 10.5. The molecule has 1 aromatic carbocycles. The molecule has 4 rings (SSSR count). The van der Waals surface area contributed by atoms with Crippen molar-refractivity contribution >= 4 is 32.5 Å². The smallest absolute Gasteiger partial charge is 0.260 e. The summed E-state index contributed by atoms with van der Waals surface area (Å²) in [6, 6.07) is 6.58. The molecule has 12 nitrogen and oxygen atoms in total. The summed E-state index contributed by atoms with van der Waals surface area (Å²) in [6.45, 7) is 1.21. The number of benzene rings is 1. The Labute approximate surface area is 209 Å². The number of fused-ring (bicyclic) bond motifs is 1. The van der Waals surface area contributed by atoms with Crippen LogP contribution in [-0.2, 0) is 16.4 Å². The van der Waals surface area contributed by atoms with Crippen molar-refractivity contribution in [2.45, 2.75) is 24.7 Å². The number of rotatable bonds is 7. The number of azide groups is 1. The van der Waals surface area contributed by atoms with Gasteiger partial charge in [0.25, 0.3) is 5.56 Å². The molecule has 0 amide bonds. The molecule has 0 saturated carbocycles. The van der Waals surface area contributed by atoms with Crippen molar-refractivity contribution < 1.29 is 13.5 Å². The molecule has 0 aliphatic rings. The molecule has 0 radical (unpaired) electrons. The number of hydrogen-bond donors (Lipinski definition) is 1. The average Bonchev–Trinajstić information content (AvgIpc) is 2.83. The van der Waals surface area contributed by atoms with Crippen LogP contribution in [0, 0.1) is 6.92 Å². The Balaban J connectivity index is 1.91. The molecule has 0 aliphatic heterocycles. The lowest BCUT2D eigenvalue weighted by molar-refractivity contribution is 0.162. The zero-order chi connectivity index (χ0) is 26.0. The lowest BCUT2D eigenvalue weighted by Gasteiger charge is -2.16. The normalized spacial score (nSPS) is 12.3. The maximum absolute atomic E-state index is 13.6. The van der Waals surface area contributed by atoms with E-state index in [1.165, 1.54) is 12.3 Å². The van der Waals surface area contributed by atoms with Gasteiger partial charge in [-0.05, 0) is 24.6 Å². The molecule has 3 aromatic heterocycles. The first-order valence-corrected chi connectivity index (χ1v) is 12.7. The Kier molecular flexibility index (Phi) is 7.00. The fraction of sp³-hybridized carbons (Fsp3) is 0.227. The molecule has 184 valence electrons. The molecule has 1 unspecified atom stereocenters. The summed E-state index contributed by atoms with van der Waals surface area (Å²) in [5, 5.41) is 13.8. The third kappa shape index (κ3) is 5.19. The Morgan fingerprint density at radius 2 is 1.97 bits per heavy atom. The predicted octanol–water partition coefficient (Wildman–Crippen LogP) is 2.95. The Bertz CT molecular complexity index is 1700. The summed E-state index contributed by atoms with van der Waals surface area (Å²) in [7, 11) is -3.77. The minimum Gasteiger partial charge on any atom is -0.391 e. The highest BCUT2D eigenvalue weighted by molar-refractivity contribution is 7.90. The van der Waals surface area contributed by atoms with Crippen LogP contribution < -0.4 is 5.56 Å². The van der Waals surface area contributed by atoms with Crippen LogP contribution >= 0.6 is 11.6 Å². The predicted molar refractivity (Wildman–Crippen MR) is 133 cm³/mol. The molecule has 1 atom stereocenters. The molecular formula is C22H19ClN8O4S. The van der Waals surface area contributed by atoms with Gasteiger partial charge in [0.2, 0.25) is 15.0 Å². The largest absolute Gasteiger partial charge is 0.391 e. The van der Waals surface area contributed by atoms with Gasteiger partial charge in [-0.1, -0.05) is 28.8 Å². The summed E-state index contributed by atoms with van der Waals surface area (Å²) in [4.78, 5) is 32.7. The second kappa shape index (κ2) is 9.99. The van der Waals surface area contributed by atoms with Gasteiger partial charge in [0.05, 0.1) is 36.8 Å². The van der Waals surface area contributed by atoms with Gasteiger partial charge < -0.3 is 5.11 Å². The van der Waals surface area contributed by atoms with E-state index in [-0.39, 0.29) is 29.3 Å². The van der Waals surface area contributed by atoms with E-state index in [1.54, 1.807) is 30.6 Å². The molecule has 36 heavy (non-hydrogen) atoms. The summed E-state index contributed by atoms with van der Waals surface area (Å²) in [6.07, 6.45) is 4.23. The molecule has 3 heterocycles. The van der Waals surface area contributed by atoms with Crippen LogP contribution in [-0.4, -0.2) is 56.9 Å². The average molecular weight is 527 g/mol. The van der Waals surface area contributed by atoms with Crippen LogP contribution in [0.5, 0.6) is 0 Å². The number of halogens is 1. The Hall–Kier alpha value is -3.90. The van der Waals surface area contributed by atoms with Gasteiger partial charge in [-0.3, -0.25) is 14.3 Å². The van der Waals surface area contributed by atoms with Crippen LogP contribution in [0.2, 0.25) is 5.02 Å². The minimum absolute atomic E-state index is 0.00180. The van der Waals surface area contributed by atoms with Gasteiger partial charge in [0.15, 0.2) is 0 Å². The molecule has 0 saturated heterocycles. The maximum Gasteiger partial charge on any atom is 0.260 e. The van der Waals surface area contributed by atoms with E-state index in [9.17, 15) is 18.3 Å². The summed E-state index contributed by atoms with van der Waals surface area (Å²) < 4.78 is 25.1. The van der Waals surface area contributed by atoms with E-state index in [2.05, 4.69) is 30.0 Å². The molecule has 0 bridgehead atoms. The molecule has 1 N–H and O–H groups in total. The van der Waals surface area contributed by atoms with Crippen LogP contribution in [0.3, 0.4) is 0 Å². The third-order valence-corrected chi connectivity index (χ3v) is 6.37. The first kappa shape index (κ1) is 25.2. The van der Waals surface area contributed by atoms with Crippen LogP contribution in [0.15, 0.2) is 57.9 Å². The zero-order valence-electron chi connectivity index (χ0n) is 19.1. The number of aryl methyl sites for hydroxylation is 1. The molecule has 0 aliphatic carbocycles. The van der Waals surface area contributed by atoms with Gasteiger partial charge in [0.1, 0.15) is 5.65 Å². The van der Waals surface area contributed by atoms with Gasteiger partial charge in [-0.15, -0.1) is 0 Å². The molecule has 4 aromatic rings. The zero-order valence-corrected chi connectivity index (χ0v) is 20.6. The van der Waals surface area contributed by atoms with Crippen molar-refractivity contribution in [1.29, 1.82) is 0 Å². The minimum atomic E-state index is -3.77. The Morgan fingerprint density at radius 3 is 2.64 bits per heavy atom. The van der Waals surface area contributed by atoms with E-state index in [0.29, 0.717) is 22.2 Å². The van der Waals surface area contributed by atoms with Crippen molar-refractivity contribution in [2.75, 3.05) is 12.8 Å². The van der Waals surface area contributed by atoms with Crippen LogP contribution in [0.25, 0.3) is 43.9 Å². The molecule has 14 heteroatoms. The SMILES string of the molecule is Cc1cncc(-c2ccc(-c3cc4cnc(S(C)(=O)=O)nc4n(CC(O)CN=[N+]=[N-])c3=O)c(Cl)c2)n1. The van der Waals surface area contributed by atoms with E-state index in [0.717, 1.165) is 16.5 Å². The van der Waals surface area contributed by atoms with Gasteiger partial charge >= 0.3 is 0 Å². The monoisotopic (exact) mass is 526 g/mol. The summed E-state index contributed by atoms with van der Waals surface area (Å²) in [5.41, 5.74) is 10.6. The number of sulfone groups is 1. The lowest BCUT2D eigenvalue weighted by atomic mass is 10.0. The van der Waals surface area contributed by atoms with Crippen LogP contribution in [0.1, 0.15) is 5.69 Å². The van der Waals surface area contributed by atoms with Crippen molar-refractivity contribution in [2.24, 2.45) is 5.11 Å². The highest BCUT2D eigenvalue weighted by Crippen LogP contribution is 2.31. The summed E-state index contributed by atoms with van der Waals surface area (Å²) in [5.74, 6) is 0. The van der Waals surface area contributed by atoms with E-state index >= 15 is 0 Å². The van der Waals surface area contributed by atoms with E-state index in [1.807, 2.05) is 6.92 Å². The van der Waals surface area contributed by atoms with E-state index < -0.39 is 26.7 Å². The van der Waals surface area contributed by atoms with Crippen molar-refractivity contribution in [3.05, 3.63) is 74.4 Å². The van der Waals surface area contributed by atoms with Crippen LogP contribution in [0.4, 0.5) is 0 Å². The van der Waals surface area contributed by atoms with E-state index in [4.69, 9.17) is 17.1 Å². The van der Waals surface area contributed by atoms with Crippen molar-refractivity contribution in [3.63, 3.8) is 0 Å². The molecule has 0 fully saturated rings. The van der Waals surface area contributed by atoms with Gasteiger partial charge in [-0.25, -0.2) is 18.4 Å². The summed E-state index contributed by atoms with van der Waals surface area (Å²) >= 11 is 6.58. The van der Waals surface area contributed by atoms with Crippen molar-refractivity contribution in [1.82, 2.24) is 24.5 Å². The lowest BCUT2D eigenvalue weighted by Crippen LogP contribution is -2.30. The molecule has 0 spiro atoms. The number of hydrogen-bond acceptors (Lipinski definition) is 9. The number of pyridine rings is 1. The fourth-order valence-corrected chi connectivity index (χ4v) is 4.36. The first-order chi connectivity index (χ1) is 17.1. The number of aliphatic hydroxyl groups excluding tert-OH is 1. The van der Waals surface area contributed by atoms with Gasteiger partial charge in [-0.2, -0.15) is 4.98 Å². The second-order valence-electron chi connectivity index (χ2n) is 7.99. The topological polar surface area (TPSA) is 177 Å². The third-order valence-electron chi connectivity index (χ3n) is 5.20. The number of aromatic nitrogens is 5. The highest BCUT2D eigenvalue weighted by Gasteiger charge is 2.20. The maximum atomic E-state index is 13.6. The second-order valence-corrected chi connectivity index (χ2v) is 10.3.